The highest BCUT2D eigenvalue weighted by Gasteiger charge is 2.14. The van der Waals surface area contributed by atoms with E-state index in [1.807, 2.05) is 13.8 Å². The van der Waals surface area contributed by atoms with Crippen LogP contribution in [0.2, 0.25) is 0 Å². The fraction of sp³-hybridized carbons (Fsp3) is 0.500. The van der Waals surface area contributed by atoms with Gasteiger partial charge in [0, 0.05) is 13.1 Å². The number of nitrogens with one attached hydrogen (secondary N) is 2. The highest BCUT2D eigenvalue weighted by molar-refractivity contribution is 5.87. The summed E-state index contributed by atoms with van der Waals surface area (Å²) in [5.41, 5.74) is 0.886. The standard InChI is InChI=1S/C16H24N2O4/c1-4-16(2,3)22-10-9-17-15(21)18-11-12-5-7-13(8-6-12)14(19)20/h5-8H,4,9-11H2,1-3H3,(H,19,20)(H2,17,18,21). The molecule has 1 aromatic carbocycles. The Labute approximate surface area is 130 Å². The third-order valence-corrected chi connectivity index (χ3v) is 3.39. The molecule has 0 saturated carbocycles. The first kappa shape index (κ1) is 18.0. The van der Waals surface area contributed by atoms with Crippen LogP contribution < -0.4 is 10.6 Å². The highest BCUT2D eigenvalue weighted by Crippen LogP contribution is 2.12. The molecule has 22 heavy (non-hydrogen) atoms. The summed E-state index contributed by atoms with van der Waals surface area (Å²) < 4.78 is 5.63. The predicted octanol–water partition coefficient (Wildman–Crippen LogP) is 2.39. The molecule has 0 fully saturated rings. The van der Waals surface area contributed by atoms with Gasteiger partial charge in [-0.1, -0.05) is 19.1 Å². The van der Waals surface area contributed by atoms with E-state index < -0.39 is 5.97 Å². The Morgan fingerprint density at radius 2 is 1.82 bits per heavy atom. The van der Waals surface area contributed by atoms with Crippen molar-refractivity contribution in [2.24, 2.45) is 0 Å². The number of benzene rings is 1. The summed E-state index contributed by atoms with van der Waals surface area (Å²) in [6.07, 6.45) is 0.908. The van der Waals surface area contributed by atoms with Gasteiger partial charge in [0.2, 0.25) is 0 Å². The van der Waals surface area contributed by atoms with Crippen molar-refractivity contribution in [3.63, 3.8) is 0 Å². The summed E-state index contributed by atoms with van der Waals surface area (Å²) >= 11 is 0. The van der Waals surface area contributed by atoms with E-state index in [1.54, 1.807) is 12.1 Å². The molecular formula is C16H24N2O4. The third-order valence-electron chi connectivity index (χ3n) is 3.39. The normalized spacial score (nSPS) is 11.0. The molecule has 0 heterocycles. The number of carbonyl (C=O) groups excluding carboxylic acids is 1. The van der Waals surface area contributed by atoms with E-state index in [-0.39, 0.29) is 17.2 Å². The number of ether oxygens (including phenoxy) is 1. The van der Waals surface area contributed by atoms with Gasteiger partial charge in [-0.25, -0.2) is 9.59 Å². The van der Waals surface area contributed by atoms with Gasteiger partial charge >= 0.3 is 12.0 Å². The van der Waals surface area contributed by atoms with E-state index in [0.717, 1.165) is 12.0 Å². The molecule has 3 N–H and O–H groups in total. The summed E-state index contributed by atoms with van der Waals surface area (Å²) in [7, 11) is 0. The van der Waals surface area contributed by atoms with Crippen LogP contribution in [0.5, 0.6) is 0 Å². The van der Waals surface area contributed by atoms with E-state index in [4.69, 9.17) is 9.84 Å². The summed E-state index contributed by atoms with van der Waals surface area (Å²) in [4.78, 5) is 22.3. The van der Waals surface area contributed by atoms with Crippen LogP contribution in [0, 0.1) is 0 Å². The van der Waals surface area contributed by atoms with Gasteiger partial charge in [-0.3, -0.25) is 0 Å². The second-order valence-electron chi connectivity index (χ2n) is 5.57. The first-order valence-corrected chi connectivity index (χ1v) is 7.32. The zero-order valence-corrected chi connectivity index (χ0v) is 13.3. The minimum atomic E-state index is -0.966. The lowest BCUT2D eigenvalue weighted by molar-refractivity contribution is -0.0172. The van der Waals surface area contributed by atoms with Crippen molar-refractivity contribution in [1.29, 1.82) is 0 Å². The Balaban J connectivity index is 2.24. The van der Waals surface area contributed by atoms with Crippen molar-refractivity contribution in [3.05, 3.63) is 35.4 Å². The molecule has 6 nitrogen and oxygen atoms in total. The average molecular weight is 308 g/mol. The summed E-state index contributed by atoms with van der Waals surface area (Å²) in [5.74, 6) is -0.966. The number of hydrogen-bond acceptors (Lipinski definition) is 3. The maximum absolute atomic E-state index is 11.6. The SMILES string of the molecule is CCC(C)(C)OCCNC(=O)NCc1ccc(C(=O)O)cc1. The Hall–Kier alpha value is -2.08. The van der Waals surface area contributed by atoms with Gasteiger partial charge < -0.3 is 20.5 Å². The van der Waals surface area contributed by atoms with Crippen LogP contribution in [0.25, 0.3) is 0 Å². The van der Waals surface area contributed by atoms with Gasteiger partial charge in [-0.2, -0.15) is 0 Å². The van der Waals surface area contributed by atoms with Crippen molar-refractivity contribution in [3.8, 4) is 0 Å². The van der Waals surface area contributed by atoms with E-state index in [9.17, 15) is 9.59 Å². The van der Waals surface area contributed by atoms with Crippen LogP contribution in [-0.2, 0) is 11.3 Å². The number of urea groups is 1. The first-order valence-electron chi connectivity index (χ1n) is 7.32. The van der Waals surface area contributed by atoms with Gasteiger partial charge in [0.25, 0.3) is 0 Å². The summed E-state index contributed by atoms with van der Waals surface area (Å²) in [6, 6.07) is 6.10. The topological polar surface area (TPSA) is 87.7 Å². The van der Waals surface area contributed by atoms with Crippen LogP contribution in [0.3, 0.4) is 0 Å². The van der Waals surface area contributed by atoms with Crippen molar-refractivity contribution < 1.29 is 19.4 Å². The lowest BCUT2D eigenvalue weighted by Gasteiger charge is -2.23. The second-order valence-corrected chi connectivity index (χ2v) is 5.57. The molecule has 122 valence electrons. The Bertz CT molecular complexity index is 497. The Morgan fingerprint density at radius 1 is 1.18 bits per heavy atom. The van der Waals surface area contributed by atoms with Crippen molar-refractivity contribution in [1.82, 2.24) is 10.6 Å². The van der Waals surface area contributed by atoms with Crippen LogP contribution in [0.4, 0.5) is 4.79 Å². The lowest BCUT2D eigenvalue weighted by Crippen LogP contribution is -2.38. The van der Waals surface area contributed by atoms with E-state index >= 15 is 0 Å². The molecule has 0 bridgehead atoms. The zero-order chi connectivity index (χ0) is 16.6. The smallest absolute Gasteiger partial charge is 0.335 e. The third kappa shape index (κ3) is 6.58. The number of aromatic carboxylic acids is 1. The lowest BCUT2D eigenvalue weighted by atomic mass is 10.1. The molecule has 1 aromatic rings. The minimum Gasteiger partial charge on any atom is -0.478 e. The molecular weight excluding hydrogens is 284 g/mol. The Morgan fingerprint density at radius 3 is 2.36 bits per heavy atom. The van der Waals surface area contributed by atoms with Crippen molar-refractivity contribution in [2.45, 2.75) is 39.3 Å². The van der Waals surface area contributed by atoms with Crippen LogP contribution in [0.1, 0.15) is 43.1 Å². The van der Waals surface area contributed by atoms with Gasteiger partial charge in [-0.05, 0) is 38.0 Å². The first-order chi connectivity index (χ1) is 10.3. The van der Waals surface area contributed by atoms with Crippen LogP contribution in [-0.4, -0.2) is 35.9 Å². The Kier molecular flexibility index (Phi) is 6.85. The van der Waals surface area contributed by atoms with Crippen molar-refractivity contribution in [2.75, 3.05) is 13.2 Å². The maximum Gasteiger partial charge on any atom is 0.335 e. The molecule has 2 amide bonds. The summed E-state index contributed by atoms with van der Waals surface area (Å²) in [5, 5.41) is 14.2. The molecule has 1 rings (SSSR count). The van der Waals surface area contributed by atoms with Crippen LogP contribution in [0.15, 0.2) is 24.3 Å². The largest absolute Gasteiger partial charge is 0.478 e. The molecule has 0 atom stereocenters. The van der Waals surface area contributed by atoms with E-state index in [1.165, 1.54) is 12.1 Å². The number of carboxylic acids is 1. The monoisotopic (exact) mass is 308 g/mol. The predicted molar refractivity (Wildman–Crippen MR) is 84.0 cm³/mol. The number of hydrogen-bond donors (Lipinski definition) is 3. The van der Waals surface area contributed by atoms with Gasteiger partial charge in [0.15, 0.2) is 0 Å². The molecule has 0 radical (unpaired) electrons. The zero-order valence-electron chi connectivity index (χ0n) is 13.3. The quantitative estimate of drug-likeness (QED) is 0.643. The van der Waals surface area contributed by atoms with Gasteiger partial charge in [0.05, 0.1) is 17.8 Å². The molecule has 0 aliphatic carbocycles. The second kappa shape index (κ2) is 8.38. The fourth-order valence-electron chi connectivity index (χ4n) is 1.60. The van der Waals surface area contributed by atoms with Crippen molar-refractivity contribution >= 4 is 12.0 Å². The molecule has 0 aliphatic heterocycles. The average Bonchev–Trinajstić information content (AvgIpc) is 2.50. The maximum atomic E-state index is 11.6. The van der Waals surface area contributed by atoms with Gasteiger partial charge in [0.1, 0.15) is 0 Å². The highest BCUT2D eigenvalue weighted by atomic mass is 16.5. The number of amides is 2. The molecule has 0 aromatic heterocycles. The molecule has 0 unspecified atom stereocenters. The number of carbonyl (C=O) groups is 2. The van der Waals surface area contributed by atoms with E-state index in [2.05, 4.69) is 17.6 Å². The van der Waals surface area contributed by atoms with Gasteiger partial charge in [-0.15, -0.1) is 0 Å². The minimum absolute atomic E-state index is 0.177. The molecule has 0 saturated heterocycles. The molecule has 6 heteroatoms. The summed E-state index contributed by atoms with van der Waals surface area (Å²) in [6.45, 7) is 7.30. The van der Waals surface area contributed by atoms with Crippen LogP contribution >= 0.6 is 0 Å². The van der Waals surface area contributed by atoms with E-state index in [0.29, 0.717) is 19.7 Å². The number of carboxylic acid groups (broad SMARTS) is 1. The number of rotatable bonds is 8. The molecule has 0 aliphatic rings. The fourth-order valence-corrected chi connectivity index (χ4v) is 1.60. The molecule has 0 spiro atoms.